The van der Waals surface area contributed by atoms with Crippen molar-refractivity contribution in [2.45, 2.75) is 4.90 Å². The Bertz CT molecular complexity index is 452. The Morgan fingerprint density at radius 1 is 1.50 bits per heavy atom. The summed E-state index contributed by atoms with van der Waals surface area (Å²) in [7, 11) is -3.68. The molecule has 0 saturated heterocycles. The Balaban J connectivity index is 0.00000225. The summed E-state index contributed by atoms with van der Waals surface area (Å²) in [5.41, 5.74) is 10.6. The minimum atomic E-state index is -3.68. The summed E-state index contributed by atoms with van der Waals surface area (Å²) in [5.74, 6) is -0.0936. The van der Waals surface area contributed by atoms with Crippen LogP contribution >= 0.6 is 24.0 Å². The monoisotopic (exact) mass is 286 g/mol. The molecule has 0 amide bonds. The zero-order valence-corrected chi connectivity index (χ0v) is 10.6. The van der Waals surface area contributed by atoms with Gasteiger partial charge in [-0.3, -0.25) is 0 Å². The van der Waals surface area contributed by atoms with Crippen LogP contribution in [0.4, 0.5) is 5.82 Å². The van der Waals surface area contributed by atoms with Crippen molar-refractivity contribution in [1.29, 1.82) is 0 Å². The number of nitrogens with zero attached hydrogens (tertiary/aromatic N) is 1. The highest BCUT2D eigenvalue weighted by Gasteiger charge is 2.17. The summed E-state index contributed by atoms with van der Waals surface area (Å²) in [5, 5.41) is 0.206. The molecule has 16 heavy (non-hydrogen) atoms. The lowest BCUT2D eigenvalue weighted by Crippen LogP contribution is -2.29. The van der Waals surface area contributed by atoms with E-state index in [9.17, 15) is 8.42 Å². The van der Waals surface area contributed by atoms with Gasteiger partial charge in [-0.25, -0.2) is 18.1 Å². The topological polar surface area (TPSA) is 111 Å². The maximum Gasteiger partial charge on any atom is 0.244 e. The molecule has 0 aliphatic heterocycles. The lowest BCUT2D eigenvalue weighted by molar-refractivity contribution is 0.582. The van der Waals surface area contributed by atoms with E-state index >= 15 is 0 Å². The first kappa shape index (κ1) is 15.4. The largest absolute Gasteiger partial charge is 0.383 e. The summed E-state index contributed by atoms with van der Waals surface area (Å²) in [6, 6.07) is 1.24. The average molecular weight is 287 g/mol. The molecule has 92 valence electrons. The Kier molecular flexibility index (Phi) is 5.98. The van der Waals surface area contributed by atoms with Crippen LogP contribution in [0.1, 0.15) is 0 Å². The molecule has 9 heteroatoms. The number of rotatable bonds is 4. The predicted molar refractivity (Wildman–Crippen MR) is 65.2 cm³/mol. The van der Waals surface area contributed by atoms with Crippen LogP contribution in [0, 0.1) is 0 Å². The van der Waals surface area contributed by atoms with E-state index in [4.69, 9.17) is 23.1 Å². The molecule has 0 saturated carbocycles. The number of anilines is 1. The highest BCUT2D eigenvalue weighted by Crippen LogP contribution is 2.19. The number of sulfonamides is 1. The molecule has 0 fully saturated rings. The van der Waals surface area contributed by atoms with Crippen LogP contribution in [0.2, 0.25) is 5.02 Å². The van der Waals surface area contributed by atoms with Gasteiger partial charge in [-0.15, -0.1) is 12.4 Å². The molecule has 5 N–H and O–H groups in total. The van der Waals surface area contributed by atoms with Crippen molar-refractivity contribution in [3.05, 3.63) is 17.3 Å². The van der Waals surface area contributed by atoms with Gasteiger partial charge in [0.05, 0.1) is 5.02 Å². The summed E-state index contributed by atoms with van der Waals surface area (Å²) in [6.07, 6.45) is 1.28. The zero-order chi connectivity index (χ0) is 11.5. The Labute approximate surface area is 105 Å². The van der Waals surface area contributed by atoms with Crippen LogP contribution < -0.4 is 16.2 Å². The number of halogens is 2. The molecule has 0 bridgehead atoms. The normalized spacial score (nSPS) is 10.9. The van der Waals surface area contributed by atoms with Crippen LogP contribution in [0.25, 0.3) is 0 Å². The van der Waals surface area contributed by atoms with E-state index in [0.717, 1.165) is 0 Å². The lowest BCUT2D eigenvalue weighted by atomic mass is 10.5. The first-order valence-electron chi connectivity index (χ1n) is 4.08. The average Bonchev–Trinajstić information content (AvgIpc) is 2.18. The summed E-state index contributed by atoms with van der Waals surface area (Å²) >= 11 is 5.62. The van der Waals surface area contributed by atoms with Gasteiger partial charge >= 0.3 is 0 Å². The van der Waals surface area contributed by atoms with Crippen LogP contribution in [0.15, 0.2) is 17.2 Å². The van der Waals surface area contributed by atoms with Crippen LogP contribution in [-0.4, -0.2) is 26.5 Å². The first-order chi connectivity index (χ1) is 6.97. The molecule has 0 unspecified atom stereocenters. The third-order valence-electron chi connectivity index (χ3n) is 1.57. The molecule has 0 atom stereocenters. The van der Waals surface area contributed by atoms with Gasteiger partial charge in [0.25, 0.3) is 0 Å². The highest BCUT2D eigenvalue weighted by atomic mass is 35.5. The SMILES string of the molecule is Cl.NCCNS(=O)(=O)c1cc(Cl)cnc1N. The molecule has 1 aromatic heterocycles. The van der Waals surface area contributed by atoms with Gasteiger partial charge in [-0.1, -0.05) is 11.6 Å². The van der Waals surface area contributed by atoms with Gasteiger partial charge < -0.3 is 11.5 Å². The number of hydrogen-bond donors (Lipinski definition) is 3. The number of pyridine rings is 1. The molecule has 1 aromatic rings. The second-order valence-electron chi connectivity index (χ2n) is 2.72. The van der Waals surface area contributed by atoms with Crippen molar-refractivity contribution in [2.75, 3.05) is 18.8 Å². The minimum Gasteiger partial charge on any atom is -0.383 e. The van der Waals surface area contributed by atoms with Gasteiger partial charge in [0.1, 0.15) is 10.7 Å². The smallest absolute Gasteiger partial charge is 0.244 e. The van der Waals surface area contributed by atoms with Gasteiger partial charge in [0.2, 0.25) is 10.0 Å². The van der Waals surface area contributed by atoms with E-state index in [-0.39, 0.29) is 41.2 Å². The lowest BCUT2D eigenvalue weighted by Gasteiger charge is -2.07. The molecule has 1 heterocycles. The van der Waals surface area contributed by atoms with Crippen molar-refractivity contribution in [1.82, 2.24) is 9.71 Å². The molecule has 0 aliphatic carbocycles. The van der Waals surface area contributed by atoms with E-state index < -0.39 is 10.0 Å². The Morgan fingerprint density at radius 3 is 2.69 bits per heavy atom. The summed E-state index contributed by atoms with van der Waals surface area (Å²) in [4.78, 5) is 3.51. The van der Waals surface area contributed by atoms with Crippen molar-refractivity contribution >= 4 is 39.8 Å². The fourth-order valence-corrected chi connectivity index (χ4v) is 2.29. The molecule has 6 nitrogen and oxygen atoms in total. The third kappa shape index (κ3) is 3.76. The molecule has 1 rings (SSSR count). The van der Waals surface area contributed by atoms with Crippen molar-refractivity contribution in [3.8, 4) is 0 Å². The molecule has 0 spiro atoms. The number of hydrogen-bond acceptors (Lipinski definition) is 5. The first-order valence-corrected chi connectivity index (χ1v) is 5.94. The van der Waals surface area contributed by atoms with Crippen molar-refractivity contribution < 1.29 is 8.42 Å². The predicted octanol–water partition coefficient (Wildman–Crippen LogP) is -0.0240. The minimum absolute atomic E-state index is 0. The van der Waals surface area contributed by atoms with E-state index in [1.807, 2.05) is 0 Å². The molecule has 0 aromatic carbocycles. The van der Waals surface area contributed by atoms with Gasteiger partial charge in [0.15, 0.2) is 0 Å². The quantitative estimate of drug-likeness (QED) is 0.720. The molecular formula is C7H12Cl2N4O2S. The highest BCUT2D eigenvalue weighted by molar-refractivity contribution is 7.89. The second kappa shape index (κ2) is 6.21. The summed E-state index contributed by atoms with van der Waals surface area (Å²) < 4.78 is 25.5. The van der Waals surface area contributed by atoms with Crippen LogP contribution in [0.3, 0.4) is 0 Å². The standard InChI is InChI=1S/C7H11ClN4O2S.ClH/c8-5-3-6(7(10)11-4-5)15(13,14)12-2-1-9;/h3-4,12H,1-2,9H2,(H2,10,11);1H. The van der Waals surface area contributed by atoms with Gasteiger partial charge in [-0.2, -0.15) is 0 Å². The van der Waals surface area contributed by atoms with E-state index in [0.29, 0.717) is 0 Å². The van der Waals surface area contributed by atoms with Gasteiger partial charge in [0, 0.05) is 19.3 Å². The van der Waals surface area contributed by atoms with E-state index in [1.54, 1.807) is 0 Å². The Hall–Kier alpha value is -0.600. The van der Waals surface area contributed by atoms with E-state index in [1.165, 1.54) is 12.3 Å². The van der Waals surface area contributed by atoms with Crippen molar-refractivity contribution in [3.63, 3.8) is 0 Å². The summed E-state index contributed by atoms with van der Waals surface area (Å²) in [6.45, 7) is 0.335. The molecule has 0 radical (unpaired) electrons. The van der Waals surface area contributed by atoms with E-state index in [2.05, 4.69) is 9.71 Å². The fraction of sp³-hybridized carbons (Fsp3) is 0.286. The third-order valence-corrected chi connectivity index (χ3v) is 3.27. The maximum absolute atomic E-state index is 11.6. The van der Waals surface area contributed by atoms with Gasteiger partial charge in [-0.05, 0) is 6.07 Å². The van der Waals surface area contributed by atoms with Crippen molar-refractivity contribution in [2.24, 2.45) is 5.73 Å². The second-order valence-corrected chi connectivity index (χ2v) is 4.90. The van der Waals surface area contributed by atoms with Crippen LogP contribution in [0.5, 0.6) is 0 Å². The molecule has 0 aliphatic rings. The maximum atomic E-state index is 11.6. The number of nitrogen functional groups attached to an aromatic ring is 1. The molecular weight excluding hydrogens is 275 g/mol. The fourth-order valence-electron chi connectivity index (χ4n) is 0.918. The number of aromatic nitrogens is 1. The van der Waals surface area contributed by atoms with Crippen LogP contribution in [-0.2, 0) is 10.0 Å². The Morgan fingerprint density at radius 2 is 2.12 bits per heavy atom. The zero-order valence-electron chi connectivity index (χ0n) is 8.18. The number of nitrogens with one attached hydrogen (secondary N) is 1. The number of nitrogens with two attached hydrogens (primary N) is 2.